The summed E-state index contributed by atoms with van der Waals surface area (Å²) >= 11 is 0. The van der Waals surface area contributed by atoms with Crippen LogP contribution in [0.5, 0.6) is 5.75 Å². The highest BCUT2D eigenvalue weighted by molar-refractivity contribution is 5.94. The second-order valence-corrected chi connectivity index (χ2v) is 7.57. The molecule has 0 spiro atoms. The van der Waals surface area contributed by atoms with Gasteiger partial charge >= 0.3 is 0 Å². The Morgan fingerprint density at radius 3 is 2.77 bits per heavy atom. The molecule has 0 radical (unpaired) electrons. The second-order valence-electron chi connectivity index (χ2n) is 7.57. The molecule has 1 aromatic heterocycles. The average molecular weight is 357 g/mol. The van der Waals surface area contributed by atoms with Gasteiger partial charge in [0.1, 0.15) is 18.2 Å². The van der Waals surface area contributed by atoms with Gasteiger partial charge in [-0.15, -0.1) is 0 Å². The third-order valence-corrected chi connectivity index (χ3v) is 5.59. The van der Waals surface area contributed by atoms with Crippen molar-refractivity contribution in [3.8, 4) is 5.75 Å². The number of nitrogens with zero attached hydrogens (tertiary/aromatic N) is 3. The predicted octanol–water partition coefficient (Wildman–Crippen LogP) is 3.68. The van der Waals surface area contributed by atoms with Crippen molar-refractivity contribution >= 4 is 5.91 Å². The Morgan fingerprint density at radius 1 is 1.31 bits per heavy atom. The van der Waals surface area contributed by atoms with E-state index in [1.807, 2.05) is 29.6 Å². The van der Waals surface area contributed by atoms with Gasteiger partial charge in [-0.1, -0.05) is 0 Å². The van der Waals surface area contributed by atoms with E-state index in [1.165, 1.54) is 12.1 Å². The molecular formula is C20H24FN3O2. The first kappa shape index (κ1) is 17.1. The topological polar surface area (TPSA) is 47.4 Å². The maximum Gasteiger partial charge on any atom is 0.257 e. The standard InChI is InChI=1S/C20H24FN3O2/c1-13(2)23-11-15(10-22-23)20(25)24-17-6-3-14(9-17)19(24)12-26-18-7-4-16(21)5-8-18/h4-5,7-8,10-11,13-14,17,19H,3,6,9,12H2,1-2H3/t14-,17+,19+/m0/s1. The number of hydrogen-bond acceptors (Lipinski definition) is 3. The summed E-state index contributed by atoms with van der Waals surface area (Å²) in [6.07, 6.45) is 6.73. The quantitative estimate of drug-likeness (QED) is 0.820. The summed E-state index contributed by atoms with van der Waals surface area (Å²) in [5, 5.41) is 4.30. The Hall–Kier alpha value is -2.37. The summed E-state index contributed by atoms with van der Waals surface area (Å²) in [5.41, 5.74) is 0.637. The van der Waals surface area contributed by atoms with E-state index in [4.69, 9.17) is 4.74 Å². The first-order chi connectivity index (χ1) is 12.5. The zero-order chi connectivity index (χ0) is 18.3. The summed E-state index contributed by atoms with van der Waals surface area (Å²) in [5.74, 6) is 0.867. The predicted molar refractivity (Wildman–Crippen MR) is 95.6 cm³/mol. The molecule has 3 atom stereocenters. The van der Waals surface area contributed by atoms with Gasteiger partial charge in [0.2, 0.25) is 0 Å². The molecule has 26 heavy (non-hydrogen) atoms. The largest absolute Gasteiger partial charge is 0.491 e. The van der Waals surface area contributed by atoms with Gasteiger partial charge in [0.15, 0.2) is 0 Å². The number of carbonyl (C=O) groups excluding carboxylic acids is 1. The summed E-state index contributed by atoms with van der Waals surface area (Å²) in [7, 11) is 0. The maximum absolute atomic E-state index is 13.1. The number of halogens is 1. The van der Waals surface area contributed by atoms with Crippen LogP contribution in [0, 0.1) is 11.7 Å². The second kappa shape index (κ2) is 6.74. The van der Waals surface area contributed by atoms with Gasteiger partial charge in [0, 0.05) is 18.3 Å². The van der Waals surface area contributed by atoms with Crippen molar-refractivity contribution in [2.45, 2.75) is 51.2 Å². The van der Waals surface area contributed by atoms with Gasteiger partial charge in [-0.2, -0.15) is 5.10 Å². The van der Waals surface area contributed by atoms with E-state index in [1.54, 1.807) is 18.3 Å². The summed E-state index contributed by atoms with van der Waals surface area (Å²) in [6.45, 7) is 4.52. The van der Waals surface area contributed by atoms with Crippen molar-refractivity contribution in [3.05, 3.63) is 48.0 Å². The molecule has 1 aliphatic heterocycles. The molecule has 1 aromatic carbocycles. The monoisotopic (exact) mass is 357 g/mol. The lowest BCUT2D eigenvalue weighted by Gasteiger charge is -2.35. The fourth-order valence-corrected chi connectivity index (χ4v) is 4.22. The van der Waals surface area contributed by atoms with Crippen LogP contribution < -0.4 is 4.74 Å². The summed E-state index contributed by atoms with van der Waals surface area (Å²) in [4.78, 5) is 15.1. The van der Waals surface area contributed by atoms with Crippen LogP contribution in [0.3, 0.4) is 0 Å². The first-order valence-corrected chi connectivity index (χ1v) is 9.28. The lowest BCUT2D eigenvalue weighted by atomic mass is 9.99. The molecule has 5 nitrogen and oxygen atoms in total. The third kappa shape index (κ3) is 3.08. The zero-order valence-electron chi connectivity index (χ0n) is 15.1. The number of fused-ring (bicyclic) bond motifs is 2. The molecule has 1 aliphatic carbocycles. The molecule has 2 fully saturated rings. The van der Waals surface area contributed by atoms with Crippen molar-refractivity contribution in [1.82, 2.24) is 14.7 Å². The number of piperidine rings is 1. The van der Waals surface area contributed by atoms with E-state index in [-0.39, 0.29) is 29.8 Å². The molecule has 1 amide bonds. The molecule has 1 saturated carbocycles. The van der Waals surface area contributed by atoms with E-state index in [0.29, 0.717) is 23.8 Å². The normalized spacial score (nSPS) is 24.5. The lowest BCUT2D eigenvalue weighted by molar-refractivity contribution is 0.0505. The van der Waals surface area contributed by atoms with Crippen LogP contribution in [-0.2, 0) is 0 Å². The van der Waals surface area contributed by atoms with E-state index in [2.05, 4.69) is 5.10 Å². The van der Waals surface area contributed by atoms with Gasteiger partial charge < -0.3 is 9.64 Å². The number of carbonyl (C=O) groups is 1. The van der Waals surface area contributed by atoms with Gasteiger partial charge in [-0.3, -0.25) is 9.48 Å². The highest BCUT2D eigenvalue weighted by atomic mass is 19.1. The Bertz CT molecular complexity index is 787. The smallest absolute Gasteiger partial charge is 0.257 e. The molecule has 4 rings (SSSR count). The zero-order valence-corrected chi connectivity index (χ0v) is 15.1. The van der Waals surface area contributed by atoms with Crippen molar-refractivity contribution in [3.63, 3.8) is 0 Å². The summed E-state index contributed by atoms with van der Waals surface area (Å²) < 4.78 is 20.7. The van der Waals surface area contributed by atoms with E-state index >= 15 is 0 Å². The molecule has 0 unspecified atom stereocenters. The first-order valence-electron chi connectivity index (χ1n) is 9.28. The molecular weight excluding hydrogens is 333 g/mol. The van der Waals surface area contributed by atoms with Crippen LogP contribution in [0.15, 0.2) is 36.7 Å². The third-order valence-electron chi connectivity index (χ3n) is 5.59. The van der Waals surface area contributed by atoms with Gasteiger partial charge in [0.05, 0.1) is 17.8 Å². The van der Waals surface area contributed by atoms with Crippen molar-refractivity contribution in [1.29, 1.82) is 0 Å². The van der Waals surface area contributed by atoms with Crippen LogP contribution in [-0.4, -0.2) is 39.3 Å². The minimum Gasteiger partial charge on any atom is -0.491 e. The van der Waals surface area contributed by atoms with Crippen LogP contribution in [0.2, 0.25) is 0 Å². The Balaban J connectivity index is 1.49. The van der Waals surface area contributed by atoms with E-state index in [9.17, 15) is 9.18 Å². The number of aromatic nitrogens is 2. The molecule has 2 bridgehead atoms. The molecule has 2 aliphatic rings. The Kier molecular flexibility index (Phi) is 4.42. The lowest BCUT2D eigenvalue weighted by Crippen LogP contribution is -2.47. The minimum atomic E-state index is -0.281. The van der Waals surface area contributed by atoms with Crippen LogP contribution in [0.4, 0.5) is 4.39 Å². The van der Waals surface area contributed by atoms with E-state index < -0.39 is 0 Å². The van der Waals surface area contributed by atoms with Crippen molar-refractivity contribution in [2.24, 2.45) is 5.92 Å². The Labute approximate surface area is 152 Å². The fraction of sp³-hybridized carbons (Fsp3) is 0.500. The van der Waals surface area contributed by atoms with Crippen LogP contribution >= 0.6 is 0 Å². The van der Waals surface area contributed by atoms with Crippen molar-refractivity contribution < 1.29 is 13.9 Å². The average Bonchev–Trinajstić information content (AvgIpc) is 3.36. The molecule has 0 N–H and O–H groups in total. The molecule has 138 valence electrons. The molecule has 1 saturated heterocycles. The Morgan fingerprint density at radius 2 is 2.08 bits per heavy atom. The van der Waals surface area contributed by atoms with Gasteiger partial charge in [-0.05, 0) is 63.3 Å². The minimum absolute atomic E-state index is 0.0387. The van der Waals surface area contributed by atoms with E-state index in [0.717, 1.165) is 19.3 Å². The number of hydrogen-bond donors (Lipinski definition) is 0. The summed E-state index contributed by atoms with van der Waals surface area (Å²) in [6, 6.07) is 6.61. The molecule has 2 aromatic rings. The molecule has 6 heteroatoms. The number of ether oxygens (including phenoxy) is 1. The van der Waals surface area contributed by atoms with Gasteiger partial charge in [-0.25, -0.2) is 4.39 Å². The van der Waals surface area contributed by atoms with Crippen LogP contribution in [0.25, 0.3) is 0 Å². The number of amides is 1. The highest BCUT2D eigenvalue weighted by Gasteiger charge is 2.48. The van der Waals surface area contributed by atoms with Crippen molar-refractivity contribution in [2.75, 3.05) is 6.61 Å². The van der Waals surface area contributed by atoms with Crippen LogP contribution in [0.1, 0.15) is 49.5 Å². The highest BCUT2D eigenvalue weighted by Crippen LogP contribution is 2.43. The number of rotatable bonds is 5. The number of likely N-dealkylation sites (tertiary alicyclic amines) is 1. The molecule has 2 heterocycles. The SMILES string of the molecule is CC(C)n1cc(C(=O)N2[C@@H]3CC[C@@H](C3)[C@H]2COc2ccc(F)cc2)cn1. The maximum atomic E-state index is 13.1. The fourth-order valence-electron chi connectivity index (χ4n) is 4.22. The van der Waals surface area contributed by atoms with Gasteiger partial charge in [0.25, 0.3) is 5.91 Å². The number of benzene rings is 1.